The summed E-state index contributed by atoms with van der Waals surface area (Å²) in [5, 5.41) is 0. The highest BCUT2D eigenvalue weighted by molar-refractivity contribution is 9.11. The van der Waals surface area contributed by atoms with Crippen molar-refractivity contribution in [3.63, 3.8) is 0 Å². The van der Waals surface area contributed by atoms with E-state index in [4.69, 9.17) is 0 Å². The van der Waals surface area contributed by atoms with Crippen molar-refractivity contribution in [1.29, 1.82) is 0 Å². The average Bonchev–Trinajstić information content (AvgIpc) is 2.58. The van der Waals surface area contributed by atoms with Crippen LogP contribution in [-0.2, 0) is 0 Å². The third-order valence-corrected chi connectivity index (χ3v) is 6.71. The van der Waals surface area contributed by atoms with Crippen molar-refractivity contribution in [2.75, 3.05) is 0 Å². The van der Waals surface area contributed by atoms with E-state index < -0.39 is 0 Å². The lowest BCUT2D eigenvalue weighted by Crippen LogP contribution is -1.97. The Morgan fingerprint density at radius 2 is 2.07 bits per heavy atom. The lowest BCUT2D eigenvalue weighted by atomic mass is 10.0. The zero-order valence-corrected chi connectivity index (χ0v) is 12.7. The fourth-order valence-corrected chi connectivity index (χ4v) is 6.42. The first-order valence-corrected chi connectivity index (χ1v) is 8.11. The summed E-state index contributed by atoms with van der Waals surface area (Å²) in [6.45, 7) is 2.23. The maximum absolute atomic E-state index is 3.92. The Morgan fingerprint density at radius 1 is 1.40 bits per heavy atom. The molecule has 0 aliphatic heterocycles. The molecule has 3 rings (SSSR count). The van der Waals surface area contributed by atoms with Gasteiger partial charge >= 0.3 is 0 Å². The maximum atomic E-state index is 3.92. The second-order valence-corrected chi connectivity index (χ2v) is 8.42. The maximum Gasteiger partial charge on any atom is 0.0704 e. The summed E-state index contributed by atoms with van der Waals surface area (Å²) in [5.41, 5.74) is 1.52. The van der Waals surface area contributed by atoms with E-state index in [9.17, 15) is 0 Å². The zero-order chi connectivity index (χ0) is 10.6. The largest absolute Gasteiger partial charge is 0.133 e. The second-order valence-electron chi connectivity index (χ2n) is 4.80. The van der Waals surface area contributed by atoms with Crippen molar-refractivity contribution >= 4 is 43.2 Å². The van der Waals surface area contributed by atoms with Crippen LogP contribution in [0.15, 0.2) is 9.85 Å². The molecule has 0 nitrogen and oxygen atoms in total. The monoisotopic (exact) mass is 348 g/mol. The number of halogens is 2. The number of rotatable bonds is 2. The molecule has 2 aliphatic rings. The van der Waals surface area contributed by atoms with Gasteiger partial charge in [0, 0.05) is 9.70 Å². The summed E-state index contributed by atoms with van der Waals surface area (Å²) < 4.78 is 1.27. The van der Waals surface area contributed by atoms with Crippen LogP contribution in [0.25, 0.3) is 0 Å². The van der Waals surface area contributed by atoms with Gasteiger partial charge in [-0.1, -0.05) is 22.4 Å². The van der Waals surface area contributed by atoms with Crippen LogP contribution in [-0.4, -0.2) is 0 Å². The molecule has 3 heteroatoms. The summed E-state index contributed by atoms with van der Waals surface area (Å²) in [4.78, 5) is 2.07. The van der Waals surface area contributed by atoms with Crippen molar-refractivity contribution < 1.29 is 0 Å². The molecule has 1 aromatic rings. The molecular weight excluding hydrogens is 336 g/mol. The second kappa shape index (κ2) is 3.85. The molecule has 1 aromatic heterocycles. The zero-order valence-electron chi connectivity index (χ0n) is 8.67. The Hall–Kier alpha value is 0.660. The smallest absolute Gasteiger partial charge is 0.0704 e. The third kappa shape index (κ3) is 1.75. The molecule has 0 aromatic carbocycles. The molecule has 2 saturated carbocycles. The van der Waals surface area contributed by atoms with Crippen molar-refractivity contribution in [2.24, 2.45) is 17.8 Å². The molecule has 0 saturated heterocycles. The van der Waals surface area contributed by atoms with Crippen molar-refractivity contribution in [3.8, 4) is 0 Å². The van der Waals surface area contributed by atoms with Crippen LogP contribution in [0, 0.1) is 24.7 Å². The summed E-state index contributed by atoms with van der Waals surface area (Å²) >= 11 is 9.36. The molecule has 3 unspecified atom stereocenters. The molecule has 0 radical (unpaired) electrons. The van der Waals surface area contributed by atoms with Crippen molar-refractivity contribution in [1.82, 2.24) is 0 Å². The highest BCUT2D eigenvalue weighted by atomic mass is 79.9. The lowest BCUT2D eigenvalue weighted by molar-refractivity contribution is 0.583. The summed E-state index contributed by atoms with van der Waals surface area (Å²) in [5.74, 6) is 3.00. The molecule has 3 atom stereocenters. The minimum atomic E-state index is 0.607. The number of aryl methyl sites for hydroxylation is 1. The molecule has 0 N–H and O–H groups in total. The molecule has 82 valence electrons. The molecule has 15 heavy (non-hydrogen) atoms. The first kappa shape index (κ1) is 10.8. The van der Waals surface area contributed by atoms with Crippen LogP contribution in [0.1, 0.15) is 34.5 Å². The number of thiophene rings is 1. The molecule has 0 bridgehead atoms. The molecule has 1 heterocycles. The molecule has 2 fully saturated rings. The Morgan fingerprint density at radius 3 is 2.60 bits per heavy atom. The van der Waals surface area contributed by atoms with E-state index in [1.807, 2.05) is 11.3 Å². The first-order chi connectivity index (χ1) is 7.18. The van der Waals surface area contributed by atoms with Crippen LogP contribution in [0.4, 0.5) is 0 Å². The Balaban J connectivity index is 1.80. The molecular formula is C12H14Br2S. The summed E-state index contributed by atoms with van der Waals surface area (Å²) in [6, 6.07) is 2.30. The predicted octanol–water partition coefficient (Wildman–Crippen LogP) is 5.30. The summed E-state index contributed by atoms with van der Waals surface area (Å²) in [7, 11) is 0. The molecule has 0 spiro atoms. The van der Waals surface area contributed by atoms with Gasteiger partial charge in [0.05, 0.1) is 3.79 Å². The SMILES string of the molecule is Cc1sc(Br)cc1C(Br)C1C2CCCC21. The summed E-state index contributed by atoms with van der Waals surface area (Å²) in [6.07, 6.45) is 4.42. The highest BCUT2D eigenvalue weighted by Crippen LogP contribution is 2.64. The number of alkyl halides is 1. The fourth-order valence-electron chi connectivity index (χ4n) is 3.25. The van der Waals surface area contributed by atoms with E-state index in [-0.39, 0.29) is 0 Å². The van der Waals surface area contributed by atoms with Gasteiger partial charge in [-0.15, -0.1) is 11.3 Å². The lowest BCUT2D eigenvalue weighted by Gasteiger charge is -2.11. The fraction of sp³-hybridized carbons (Fsp3) is 0.667. The van der Waals surface area contributed by atoms with E-state index in [2.05, 4.69) is 44.8 Å². The minimum Gasteiger partial charge on any atom is -0.133 e. The molecule has 0 amide bonds. The predicted molar refractivity (Wildman–Crippen MR) is 72.7 cm³/mol. The van der Waals surface area contributed by atoms with Gasteiger partial charge in [0.15, 0.2) is 0 Å². The minimum absolute atomic E-state index is 0.607. The van der Waals surface area contributed by atoms with Gasteiger partial charge in [0.1, 0.15) is 0 Å². The Bertz CT molecular complexity index is 375. The quantitative estimate of drug-likeness (QED) is 0.635. The first-order valence-electron chi connectivity index (χ1n) is 5.58. The topological polar surface area (TPSA) is 0 Å². The normalized spacial score (nSPS) is 35.3. The van der Waals surface area contributed by atoms with Gasteiger partial charge in [-0.2, -0.15) is 0 Å². The number of hydrogen-bond acceptors (Lipinski definition) is 1. The van der Waals surface area contributed by atoms with E-state index in [0.29, 0.717) is 4.83 Å². The van der Waals surface area contributed by atoms with Gasteiger partial charge in [0.25, 0.3) is 0 Å². The van der Waals surface area contributed by atoms with E-state index in [1.54, 1.807) is 0 Å². The van der Waals surface area contributed by atoms with E-state index in [1.165, 1.54) is 33.5 Å². The Labute approximate surface area is 112 Å². The average molecular weight is 350 g/mol. The van der Waals surface area contributed by atoms with Crippen LogP contribution in [0.3, 0.4) is 0 Å². The van der Waals surface area contributed by atoms with Gasteiger partial charge in [-0.25, -0.2) is 0 Å². The number of fused-ring (bicyclic) bond motifs is 1. The number of hydrogen-bond donors (Lipinski definition) is 0. The van der Waals surface area contributed by atoms with Crippen molar-refractivity contribution in [2.45, 2.75) is 31.0 Å². The molecule has 2 aliphatic carbocycles. The standard InChI is InChI=1S/C12H14Br2S/c1-6-9(5-10(13)15-6)12(14)11-7-3-2-4-8(7)11/h5,7-8,11-12H,2-4H2,1H3. The van der Waals surface area contributed by atoms with Crippen molar-refractivity contribution in [3.05, 3.63) is 20.3 Å². The highest BCUT2D eigenvalue weighted by Gasteiger charge is 2.55. The van der Waals surface area contributed by atoms with Gasteiger partial charge < -0.3 is 0 Å². The van der Waals surface area contributed by atoms with Crippen LogP contribution in [0.5, 0.6) is 0 Å². The van der Waals surface area contributed by atoms with Gasteiger partial charge in [-0.3, -0.25) is 0 Å². The van der Waals surface area contributed by atoms with Gasteiger partial charge in [0.2, 0.25) is 0 Å². The Kier molecular flexibility index (Phi) is 2.77. The van der Waals surface area contributed by atoms with Crippen LogP contribution in [0.2, 0.25) is 0 Å². The van der Waals surface area contributed by atoms with E-state index >= 15 is 0 Å². The van der Waals surface area contributed by atoms with E-state index in [0.717, 1.165) is 17.8 Å². The van der Waals surface area contributed by atoms with Crippen LogP contribution >= 0.6 is 43.2 Å². The third-order valence-electron chi connectivity index (χ3n) is 4.03. The van der Waals surface area contributed by atoms with Gasteiger partial charge in [-0.05, 0) is 65.1 Å². The van der Waals surface area contributed by atoms with Crippen LogP contribution < -0.4 is 0 Å².